The summed E-state index contributed by atoms with van der Waals surface area (Å²) in [4.78, 5) is 44.9. The molecule has 8 nitrogen and oxygen atoms in total. The van der Waals surface area contributed by atoms with E-state index in [1.165, 1.54) is 20.8 Å². The van der Waals surface area contributed by atoms with Crippen molar-refractivity contribution in [3.63, 3.8) is 0 Å². The summed E-state index contributed by atoms with van der Waals surface area (Å²) in [5.41, 5.74) is -8.32. The highest BCUT2D eigenvalue weighted by Crippen LogP contribution is 2.53. The normalized spacial score (nSPS) is 15.2. The molecule has 20 heavy (non-hydrogen) atoms. The number of rotatable bonds is 7. The van der Waals surface area contributed by atoms with Gasteiger partial charge in [-0.2, -0.15) is 0 Å². The molecular weight excluding hydrogens is 272 g/mol. The molecule has 0 aliphatic carbocycles. The highest BCUT2D eigenvalue weighted by atomic mass is 16.4. The number of carbonyl (C=O) groups is 4. The minimum Gasteiger partial charge on any atom is -0.549 e. The van der Waals surface area contributed by atoms with Crippen LogP contribution >= 0.6 is 0 Å². The van der Waals surface area contributed by atoms with Crippen LogP contribution in [-0.4, -0.2) is 23.9 Å². The molecule has 0 saturated carbocycles. The second-order valence-corrected chi connectivity index (χ2v) is 5.26. The molecule has 0 aromatic heterocycles. The van der Waals surface area contributed by atoms with E-state index in [0.29, 0.717) is 6.92 Å². The molecule has 0 amide bonds. The Morgan fingerprint density at radius 1 is 0.750 bits per heavy atom. The summed E-state index contributed by atoms with van der Waals surface area (Å²) >= 11 is 0. The van der Waals surface area contributed by atoms with Crippen molar-refractivity contribution < 1.29 is 39.6 Å². The number of hydrogen-bond donors (Lipinski definition) is 0. The van der Waals surface area contributed by atoms with Crippen molar-refractivity contribution in [2.75, 3.05) is 0 Å². The van der Waals surface area contributed by atoms with Crippen molar-refractivity contribution >= 4 is 23.9 Å². The van der Waals surface area contributed by atoms with E-state index in [2.05, 4.69) is 0 Å². The van der Waals surface area contributed by atoms with Gasteiger partial charge in [-0.1, -0.05) is 34.1 Å². The molecule has 0 rings (SSSR count). The van der Waals surface area contributed by atoms with Crippen molar-refractivity contribution in [3.8, 4) is 0 Å². The van der Waals surface area contributed by atoms with Crippen LogP contribution in [0, 0.1) is 16.2 Å². The van der Waals surface area contributed by atoms with Crippen LogP contribution in [0.3, 0.4) is 0 Å². The Bertz CT molecular complexity index is 428. The van der Waals surface area contributed by atoms with Crippen molar-refractivity contribution in [2.45, 2.75) is 34.1 Å². The van der Waals surface area contributed by atoms with E-state index in [4.69, 9.17) is 0 Å². The van der Waals surface area contributed by atoms with Crippen LogP contribution in [-0.2, 0) is 19.2 Å². The molecule has 0 aliphatic rings. The molecule has 0 bridgehead atoms. The third-order valence-electron chi connectivity index (χ3n) is 4.31. The van der Waals surface area contributed by atoms with Gasteiger partial charge in [0, 0.05) is 11.4 Å². The van der Waals surface area contributed by atoms with Gasteiger partial charge in [0.25, 0.3) is 0 Å². The number of carboxylic acid groups (broad SMARTS) is 4. The first-order chi connectivity index (χ1) is 8.83. The third-order valence-corrected chi connectivity index (χ3v) is 4.31. The Hall–Kier alpha value is -2.12. The van der Waals surface area contributed by atoms with Gasteiger partial charge in [0.15, 0.2) is 0 Å². The van der Waals surface area contributed by atoms with E-state index in [-0.39, 0.29) is 6.42 Å². The summed E-state index contributed by atoms with van der Waals surface area (Å²) in [6.45, 7) is 4.50. The number of carbonyl (C=O) groups excluding carboxylic acids is 4. The average molecular weight is 286 g/mol. The second kappa shape index (κ2) is 5.10. The molecule has 0 radical (unpaired) electrons. The zero-order valence-corrected chi connectivity index (χ0v) is 11.5. The van der Waals surface area contributed by atoms with Crippen LogP contribution in [0.25, 0.3) is 0 Å². The zero-order chi connectivity index (χ0) is 16.5. The predicted octanol–water partition coefficient (Wildman–Crippen LogP) is -4.59. The Kier molecular flexibility index (Phi) is 4.56. The van der Waals surface area contributed by atoms with Crippen molar-refractivity contribution in [2.24, 2.45) is 16.2 Å². The minimum atomic E-state index is -3.88. The van der Waals surface area contributed by atoms with Gasteiger partial charge in [-0.05, 0) is 5.41 Å². The summed E-state index contributed by atoms with van der Waals surface area (Å²) in [6.07, 6.45) is -0.0485. The van der Waals surface area contributed by atoms with Crippen LogP contribution in [0.2, 0.25) is 0 Å². The molecule has 1 atom stereocenters. The zero-order valence-electron chi connectivity index (χ0n) is 11.5. The van der Waals surface area contributed by atoms with Crippen molar-refractivity contribution in [3.05, 3.63) is 0 Å². The van der Waals surface area contributed by atoms with Crippen molar-refractivity contribution in [1.29, 1.82) is 0 Å². The topological polar surface area (TPSA) is 161 Å². The first-order valence-electron chi connectivity index (χ1n) is 5.69. The Balaban J connectivity index is 6.82. The fourth-order valence-electron chi connectivity index (χ4n) is 2.15. The lowest BCUT2D eigenvalue weighted by Crippen LogP contribution is -2.75. The molecule has 0 N–H and O–H groups in total. The molecule has 0 heterocycles. The van der Waals surface area contributed by atoms with E-state index >= 15 is 0 Å². The number of hydrogen-bond acceptors (Lipinski definition) is 8. The summed E-state index contributed by atoms with van der Waals surface area (Å²) in [7, 11) is 0. The van der Waals surface area contributed by atoms with Gasteiger partial charge in [-0.15, -0.1) is 0 Å². The maximum absolute atomic E-state index is 11.4. The van der Waals surface area contributed by atoms with E-state index in [1.807, 2.05) is 0 Å². The summed E-state index contributed by atoms with van der Waals surface area (Å²) in [5.74, 6) is -10.1. The molecule has 0 spiro atoms. The summed E-state index contributed by atoms with van der Waals surface area (Å²) in [5, 5.41) is 44.9. The van der Waals surface area contributed by atoms with Crippen LogP contribution in [0.1, 0.15) is 34.1 Å². The highest BCUT2D eigenvalue weighted by molar-refractivity contribution is 6.18. The monoisotopic (exact) mass is 286 g/mol. The van der Waals surface area contributed by atoms with Gasteiger partial charge in [-0.25, -0.2) is 0 Å². The summed E-state index contributed by atoms with van der Waals surface area (Å²) < 4.78 is 0. The predicted molar refractivity (Wildman–Crippen MR) is 54.6 cm³/mol. The number of aliphatic carboxylic acids is 4. The van der Waals surface area contributed by atoms with Gasteiger partial charge >= 0.3 is 0 Å². The standard InChI is InChI=1S/C12H18O8/c1-5-10(2,3)11(4,6(13)14)12(7(15)16,8(17)18)9(19)20/h5H2,1-4H3,(H,13,14)(H,15,16)(H,17,18)(H,19,20)/p-4. The fraction of sp³-hybridized carbons (Fsp3) is 0.667. The number of carboxylic acids is 4. The molecule has 0 fully saturated rings. The lowest BCUT2D eigenvalue weighted by Gasteiger charge is -2.58. The molecule has 0 aromatic carbocycles. The van der Waals surface area contributed by atoms with E-state index in [9.17, 15) is 39.6 Å². The van der Waals surface area contributed by atoms with Gasteiger partial charge in [0.1, 0.15) is 0 Å². The van der Waals surface area contributed by atoms with E-state index in [1.54, 1.807) is 0 Å². The Morgan fingerprint density at radius 3 is 1.20 bits per heavy atom. The molecule has 0 saturated heterocycles. The summed E-state index contributed by atoms with van der Waals surface area (Å²) in [6, 6.07) is 0. The maximum Gasteiger partial charge on any atom is 0.0997 e. The van der Waals surface area contributed by atoms with Crippen LogP contribution < -0.4 is 20.4 Å². The molecule has 0 aliphatic heterocycles. The maximum atomic E-state index is 11.4. The molecule has 8 heteroatoms. The van der Waals surface area contributed by atoms with Gasteiger partial charge in [0.2, 0.25) is 0 Å². The smallest absolute Gasteiger partial charge is 0.0997 e. The van der Waals surface area contributed by atoms with Crippen LogP contribution in [0.15, 0.2) is 0 Å². The average Bonchev–Trinajstić information content (AvgIpc) is 2.27. The third kappa shape index (κ3) is 1.91. The SMILES string of the molecule is CCC(C)(C)C(C)(C(=O)[O-])C(C(=O)[O-])(C(=O)[O-])C(=O)[O-]. The molecule has 1 unspecified atom stereocenters. The first-order valence-corrected chi connectivity index (χ1v) is 5.69. The second-order valence-electron chi connectivity index (χ2n) is 5.26. The van der Waals surface area contributed by atoms with Crippen molar-refractivity contribution in [1.82, 2.24) is 0 Å². The highest BCUT2D eigenvalue weighted by Gasteiger charge is 2.60. The minimum absolute atomic E-state index is 0.0485. The Labute approximate surface area is 115 Å². The largest absolute Gasteiger partial charge is 0.549 e. The lowest BCUT2D eigenvalue weighted by atomic mass is 9.51. The van der Waals surface area contributed by atoms with Gasteiger partial charge in [0.05, 0.1) is 23.3 Å². The van der Waals surface area contributed by atoms with Gasteiger partial charge in [-0.3, -0.25) is 0 Å². The van der Waals surface area contributed by atoms with E-state index < -0.39 is 40.1 Å². The molecule has 114 valence electrons. The van der Waals surface area contributed by atoms with Crippen LogP contribution in [0.5, 0.6) is 0 Å². The first kappa shape index (κ1) is 17.9. The van der Waals surface area contributed by atoms with E-state index in [0.717, 1.165) is 0 Å². The quantitative estimate of drug-likeness (QED) is 0.422. The lowest BCUT2D eigenvalue weighted by molar-refractivity contribution is -0.384. The molecule has 0 aromatic rings. The Morgan fingerprint density at radius 2 is 1.05 bits per heavy atom. The fourth-order valence-corrected chi connectivity index (χ4v) is 2.15. The van der Waals surface area contributed by atoms with Gasteiger partial charge < -0.3 is 39.6 Å². The molecular formula is C12H14O8-4. The van der Waals surface area contributed by atoms with Crippen LogP contribution in [0.4, 0.5) is 0 Å².